The first kappa shape index (κ1) is 22.2. The highest BCUT2D eigenvalue weighted by molar-refractivity contribution is 7.97. The lowest BCUT2D eigenvalue weighted by Crippen LogP contribution is -2.46. The summed E-state index contributed by atoms with van der Waals surface area (Å²) in [5.41, 5.74) is 2.03. The molecule has 2 heterocycles. The molecule has 0 atom stereocenters. The number of hydrogen-bond donors (Lipinski definition) is 0. The van der Waals surface area contributed by atoms with Crippen molar-refractivity contribution in [2.24, 2.45) is 0 Å². The van der Waals surface area contributed by atoms with Gasteiger partial charge in [0.1, 0.15) is 17.2 Å². The molecule has 3 aromatic rings. The number of ether oxygens (including phenoxy) is 1. The van der Waals surface area contributed by atoms with Crippen molar-refractivity contribution in [3.05, 3.63) is 82.6 Å². The maximum absolute atomic E-state index is 12.6. The van der Waals surface area contributed by atoms with Gasteiger partial charge in [-0.15, -0.1) is 0 Å². The first-order valence-corrected chi connectivity index (χ1v) is 11.3. The van der Waals surface area contributed by atoms with Gasteiger partial charge in [0, 0.05) is 37.4 Å². The van der Waals surface area contributed by atoms with Crippen LogP contribution in [0.4, 0.5) is 0 Å². The quantitative estimate of drug-likeness (QED) is 0.485. The number of nitrogens with zero attached hydrogens (tertiary/aromatic N) is 4. The molecule has 8 heteroatoms. The summed E-state index contributed by atoms with van der Waals surface area (Å²) in [5, 5.41) is 9.95. The van der Waals surface area contributed by atoms with Crippen LogP contribution >= 0.6 is 23.5 Å². The van der Waals surface area contributed by atoms with Crippen LogP contribution in [0.1, 0.15) is 21.6 Å². The topological polar surface area (TPSA) is 69.5 Å². The first-order chi connectivity index (χ1) is 15.5. The van der Waals surface area contributed by atoms with E-state index in [0.717, 1.165) is 10.5 Å². The number of nitriles is 1. The first-order valence-electron chi connectivity index (χ1n) is 10.1. The summed E-state index contributed by atoms with van der Waals surface area (Å²) >= 11 is 7.70. The van der Waals surface area contributed by atoms with E-state index < -0.39 is 0 Å². The molecule has 0 spiro atoms. The third kappa shape index (κ3) is 5.40. The normalized spacial score (nSPS) is 14.1. The van der Waals surface area contributed by atoms with E-state index in [1.54, 1.807) is 36.5 Å². The van der Waals surface area contributed by atoms with Crippen molar-refractivity contribution in [1.82, 2.24) is 14.2 Å². The van der Waals surface area contributed by atoms with Crippen molar-refractivity contribution in [2.75, 3.05) is 26.2 Å². The molecule has 1 fully saturated rings. The smallest absolute Gasteiger partial charge is 0.272 e. The average molecular weight is 465 g/mol. The second-order valence-electron chi connectivity index (χ2n) is 7.37. The van der Waals surface area contributed by atoms with Gasteiger partial charge in [0.05, 0.1) is 16.5 Å². The molecule has 0 N–H and O–H groups in total. The number of amides is 1. The monoisotopic (exact) mass is 464 g/mol. The molecule has 1 amide bonds. The van der Waals surface area contributed by atoms with Gasteiger partial charge in [-0.1, -0.05) is 17.7 Å². The van der Waals surface area contributed by atoms with Crippen molar-refractivity contribution in [2.45, 2.75) is 11.8 Å². The van der Waals surface area contributed by atoms with Gasteiger partial charge in [0.2, 0.25) is 0 Å². The number of aryl methyl sites for hydroxylation is 1. The largest absolute Gasteiger partial charge is 0.456 e. The van der Waals surface area contributed by atoms with Crippen LogP contribution in [0.25, 0.3) is 0 Å². The fourth-order valence-electron chi connectivity index (χ4n) is 3.39. The van der Waals surface area contributed by atoms with E-state index in [1.165, 1.54) is 11.9 Å². The molecule has 0 saturated carbocycles. The zero-order valence-electron chi connectivity index (χ0n) is 17.5. The van der Waals surface area contributed by atoms with Crippen molar-refractivity contribution in [3.63, 3.8) is 0 Å². The fraction of sp³-hybridized carbons (Fsp3) is 0.208. The molecule has 1 aliphatic heterocycles. The standard InChI is InChI=1S/C24H21ClN4O2S/c1-17-12-19(25)15-20(13-17)31-22-6-5-18(16-26)14-23(22)32-29-10-8-28(9-11-29)24(30)21-4-2-3-7-27-21/h2-7,12-15H,8-11H2,1H3. The van der Waals surface area contributed by atoms with E-state index in [4.69, 9.17) is 16.3 Å². The van der Waals surface area contributed by atoms with Crippen molar-refractivity contribution < 1.29 is 9.53 Å². The lowest BCUT2D eigenvalue weighted by atomic mass is 10.2. The number of pyridine rings is 1. The van der Waals surface area contributed by atoms with Crippen LogP contribution in [0, 0.1) is 18.3 Å². The molecule has 0 bridgehead atoms. The number of halogens is 1. The molecule has 0 radical (unpaired) electrons. The van der Waals surface area contributed by atoms with Crippen LogP contribution in [0.5, 0.6) is 11.5 Å². The summed E-state index contributed by atoms with van der Waals surface area (Å²) in [4.78, 5) is 19.4. The number of aromatic nitrogens is 1. The van der Waals surface area contributed by atoms with E-state index in [1.807, 2.05) is 36.1 Å². The molecule has 1 saturated heterocycles. The van der Waals surface area contributed by atoms with Gasteiger partial charge in [-0.25, -0.2) is 4.31 Å². The predicted octanol–water partition coefficient (Wildman–Crippen LogP) is 5.17. The molecular weight excluding hydrogens is 444 g/mol. The van der Waals surface area contributed by atoms with Gasteiger partial charge in [-0.3, -0.25) is 9.78 Å². The SMILES string of the molecule is Cc1cc(Cl)cc(Oc2ccc(C#N)cc2SN2CCN(C(=O)c3ccccn3)CC2)c1. The Morgan fingerprint density at radius 3 is 2.62 bits per heavy atom. The Kier molecular flexibility index (Phi) is 6.96. The summed E-state index contributed by atoms with van der Waals surface area (Å²) in [6.45, 7) is 4.54. The van der Waals surface area contributed by atoms with E-state index in [-0.39, 0.29) is 5.91 Å². The molecule has 0 aliphatic carbocycles. The molecule has 1 aromatic heterocycles. The van der Waals surface area contributed by atoms with Gasteiger partial charge in [0.25, 0.3) is 5.91 Å². The van der Waals surface area contributed by atoms with E-state index in [9.17, 15) is 10.1 Å². The Balaban J connectivity index is 1.46. The minimum Gasteiger partial charge on any atom is -0.456 e. The molecule has 4 rings (SSSR count). The highest BCUT2D eigenvalue weighted by Crippen LogP contribution is 2.36. The molecule has 32 heavy (non-hydrogen) atoms. The maximum atomic E-state index is 12.6. The second-order valence-corrected chi connectivity index (χ2v) is 8.94. The van der Waals surface area contributed by atoms with Crippen LogP contribution in [0.2, 0.25) is 5.02 Å². The van der Waals surface area contributed by atoms with Gasteiger partial charge < -0.3 is 9.64 Å². The van der Waals surface area contributed by atoms with Crippen molar-refractivity contribution in [3.8, 4) is 17.6 Å². The third-order valence-corrected chi connectivity index (χ3v) is 6.31. The summed E-state index contributed by atoms with van der Waals surface area (Å²) in [6.07, 6.45) is 1.63. The van der Waals surface area contributed by atoms with Crippen LogP contribution in [-0.2, 0) is 0 Å². The van der Waals surface area contributed by atoms with Gasteiger partial charge in [-0.05, 0) is 73.0 Å². The van der Waals surface area contributed by atoms with Gasteiger partial charge >= 0.3 is 0 Å². The highest BCUT2D eigenvalue weighted by Gasteiger charge is 2.24. The number of benzene rings is 2. The number of rotatable bonds is 5. The minimum absolute atomic E-state index is 0.0536. The lowest BCUT2D eigenvalue weighted by molar-refractivity contribution is 0.0698. The van der Waals surface area contributed by atoms with Crippen LogP contribution in [0.3, 0.4) is 0 Å². The number of hydrogen-bond acceptors (Lipinski definition) is 6. The fourth-order valence-corrected chi connectivity index (χ4v) is 4.68. The zero-order valence-corrected chi connectivity index (χ0v) is 19.1. The molecule has 0 unspecified atom stereocenters. The minimum atomic E-state index is -0.0536. The maximum Gasteiger partial charge on any atom is 0.272 e. The van der Waals surface area contributed by atoms with Gasteiger partial charge in [0.15, 0.2) is 0 Å². The number of piperazine rings is 1. The third-order valence-electron chi connectivity index (χ3n) is 4.95. The lowest BCUT2D eigenvalue weighted by Gasteiger charge is -2.33. The Bertz CT molecular complexity index is 1140. The predicted molar refractivity (Wildman–Crippen MR) is 125 cm³/mol. The van der Waals surface area contributed by atoms with Gasteiger partial charge in [-0.2, -0.15) is 5.26 Å². The Hall–Kier alpha value is -3.05. The van der Waals surface area contributed by atoms with Crippen LogP contribution in [-0.4, -0.2) is 46.3 Å². The summed E-state index contributed by atoms with van der Waals surface area (Å²) < 4.78 is 8.29. The molecule has 2 aromatic carbocycles. The highest BCUT2D eigenvalue weighted by atomic mass is 35.5. The van der Waals surface area contributed by atoms with E-state index >= 15 is 0 Å². The van der Waals surface area contributed by atoms with E-state index in [0.29, 0.717) is 54.0 Å². The second kappa shape index (κ2) is 10.0. The van der Waals surface area contributed by atoms with Crippen LogP contribution in [0.15, 0.2) is 65.7 Å². The molecule has 162 valence electrons. The summed E-state index contributed by atoms with van der Waals surface area (Å²) in [7, 11) is 0. The Labute approximate surface area is 196 Å². The van der Waals surface area contributed by atoms with Crippen molar-refractivity contribution >= 4 is 29.5 Å². The molecular formula is C24H21ClN4O2S. The molecule has 6 nitrogen and oxygen atoms in total. The Morgan fingerprint density at radius 2 is 1.94 bits per heavy atom. The number of carbonyl (C=O) groups excluding carboxylic acids is 1. The zero-order chi connectivity index (χ0) is 22.5. The summed E-state index contributed by atoms with van der Waals surface area (Å²) in [5.74, 6) is 1.25. The summed E-state index contributed by atoms with van der Waals surface area (Å²) in [6, 6.07) is 18.4. The van der Waals surface area contributed by atoms with E-state index in [2.05, 4.69) is 15.4 Å². The van der Waals surface area contributed by atoms with Crippen molar-refractivity contribution in [1.29, 1.82) is 5.26 Å². The molecule has 1 aliphatic rings. The Morgan fingerprint density at radius 1 is 1.12 bits per heavy atom. The van der Waals surface area contributed by atoms with Crippen LogP contribution < -0.4 is 4.74 Å². The average Bonchev–Trinajstić information content (AvgIpc) is 2.80. The number of carbonyl (C=O) groups is 1.